The van der Waals surface area contributed by atoms with Crippen LogP contribution < -0.4 is 5.32 Å². The average molecular weight is 462 g/mol. The Bertz CT molecular complexity index is 1440. The number of fused-ring (bicyclic) bond motifs is 1. The van der Waals surface area contributed by atoms with Crippen LogP contribution in [0, 0.1) is 11.3 Å². The zero-order valence-electron chi connectivity index (χ0n) is 18.3. The molecule has 1 unspecified atom stereocenters. The van der Waals surface area contributed by atoms with Gasteiger partial charge in [-0.25, -0.2) is 4.98 Å². The summed E-state index contributed by atoms with van der Waals surface area (Å²) in [5.41, 5.74) is 1.38. The molecule has 4 aromatic rings. The Morgan fingerprint density at radius 3 is 2.23 bits per heavy atom. The van der Waals surface area contributed by atoms with Crippen LogP contribution in [0.1, 0.15) is 31.8 Å². The number of rotatable bonds is 6. The summed E-state index contributed by atoms with van der Waals surface area (Å²) in [5, 5.41) is 16.5. The maximum atomic E-state index is 13.7. The zero-order chi connectivity index (χ0) is 24.4. The van der Waals surface area contributed by atoms with Gasteiger partial charge in [-0.3, -0.25) is 19.3 Å². The number of hydrogen-bond donors (Lipinski definition) is 1. The van der Waals surface area contributed by atoms with Gasteiger partial charge in [-0.15, -0.1) is 0 Å². The first-order valence-electron chi connectivity index (χ1n) is 10.8. The molecule has 170 valence electrons. The summed E-state index contributed by atoms with van der Waals surface area (Å²) in [6.45, 7) is 0. The molecule has 0 saturated heterocycles. The number of nitriles is 1. The quantitative estimate of drug-likeness (QED) is 0.440. The van der Waals surface area contributed by atoms with Crippen LogP contribution in [0.4, 0.5) is 5.82 Å². The first kappa shape index (κ1) is 21.7. The van der Waals surface area contributed by atoms with Gasteiger partial charge in [-0.2, -0.15) is 15.0 Å². The third kappa shape index (κ3) is 3.94. The second-order valence-electron chi connectivity index (χ2n) is 7.84. The van der Waals surface area contributed by atoms with E-state index in [-0.39, 0.29) is 28.9 Å². The largest absolute Gasteiger partial charge is 0.308 e. The SMILES string of the molecule is N#Cc1cnn(-c2ccccn2)c1NC(=O)C(Cc1ccccc1)N1C(=O)c2ccccc2C1=O. The second-order valence-corrected chi connectivity index (χ2v) is 7.84. The van der Waals surface area contributed by atoms with Gasteiger partial charge in [0.2, 0.25) is 5.91 Å². The fraction of sp³-hybridized carbons (Fsp3) is 0.0769. The number of imide groups is 1. The Labute approximate surface area is 200 Å². The number of pyridine rings is 1. The molecule has 2 aromatic heterocycles. The topological polar surface area (TPSA) is 121 Å². The second kappa shape index (κ2) is 9.03. The van der Waals surface area contributed by atoms with Crippen LogP contribution in [0.5, 0.6) is 0 Å². The number of nitrogens with zero attached hydrogens (tertiary/aromatic N) is 5. The maximum Gasteiger partial charge on any atom is 0.262 e. The first-order chi connectivity index (χ1) is 17.1. The fourth-order valence-corrected chi connectivity index (χ4v) is 4.03. The summed E-state index contributed by atoms with van der Waals surface area (Å²) >= 11 is 0. The van der Waals surface area contributed by atoms with Crippen LogP contribution in [-0.2, 0) is 11.2 Å². The van der Waals surface area contributed by atoms with Crippen LogP contribution in [0.2, 0.25) is 0 Å². The van der Waals surface area contributed by atoms with Gasteiger partial charge in [0.05, 0.1) is 17.3 Å². The Kier molecular flexibility index (Phi) is 5.61. The molecule has 1 aliphatic rings. The van der Waals surface area contributed by atoms with Crippen molar-refractivity contribution in [3.8, 4) is 11.9 Å². The monoisotopic (exact) mass is 462 g/mol. The maximum absolute atomic E-state index is 13.7. The zero-order valence-corrected chi connectivity index (χ0v) is 18.3. The summed E-state index contributed by atoms with van der Waals surface area (Å²) in [4.78, 5) is 45.3. The summed E-state index contributed by atoms with van der Waals surface area (Å²) < 4.78 is 1.33. The Morgan fingerprint density at radius 2 is 1.60 bits per heavy atom. The minimum absolute atomic E-state index is 0.0950. The van der Waals surface area contributed by atoms with E-state index in [0.29, 0.717) is 5.82 Å². The van der Waals surface area contributed by atoms with Crippen molar-refractivity contribution in [2.75, 3.05) is 5.32 Å². The van der Waals surface area contributed by atoms with Crippen molar-refractivity contribution in [3.63, 3.8) is 0 Å². The van der Waals surface area contributed by atoms with Gasteiger partial charge in [0, 0.05) is 12.6 Å². The molecule has 5 rings (SSSR count). The third-order valence-corrected chi connectivity index (χ3v) is 5.71. The van der Waals surface area contributed by atoms with Crippen LogP contribution in [0.15, 0.2) is 85.2 Å². The lowest BCUT2D eigenvalue weighted by atomic mass is 10.0. The highest BCUT2D eigenvalue weighted by atomic mass is 16.2. The van der Waals surface area contributed by atoms with Crippen LogP contribution in [0.25, 0.3) is 5.82 Å². The lowest BCUT2D eigenvalue weighted by Gasteiger charge is -2.25. The lowest BCUT2D eigenvalue weighted by Crippen LogP contribution is -2.48. The van der Waals surface area contributed by atoms with E-state index in [0.717, 1.165) is 10.5 Å². The molecule has 0 bridgehead atoms. The predicted octanol–water partition coefficient (Wildman–Crippen LogP) is 2.98. The summed E-state index contributed by atoms with van der Waals surface area (Å²) in [6.07, 6.45) is 2.97. The van der Waals surface area contributed by atoms with Crippen molar-refractivity contribution in [1.29, 1.82) is 5.26 Å². The number of aromatic nitrogens is 3. The number of amides is 3. The molecule has 0 aliphatic carbocycles. The highest BCUT2D eigenvalue weighted by molar-refractivity contribution is 6.23. The predicted molar refractivity (Wildman–Crippen MR) is 126 cm³/mol. The summed E-state index contributed by atoms with van der Waals surface area (Å²) in [7, 11) is 0. The van der Waals surface area contributed by atoms with E-state index in [2.05, 4.69) is 15.4 Å². The molecule has 0 radical (unpaired) electrons. The van der Waals surface area contributed by atoms with Crippen molar-refractivity contribution in [2.45, 2.75) is 12.5 Å². The molecule has 0 spiro atoms. The van der Waals surface area contributed by atoms with Crippen molar-refractivity contribution in [3.05, 3.63) is 107 Å². The molecule has 2 aromatic carbocycles. The van der Waals surface area contributed by atoms with Gasteiger partial charge >= 0.3 is 0 Å². The van der Waals surface area contributed by atoms with E-state index >= 15 is 0 Å². The van der Waals surface area contributed by atoms with E-state index < -0.39 is 23.8 Å². The highest BCUT2D eigenvalue weighted by Crippen LogP contribution is 2.27. The standard InChI is InChI=1S/C26H18N6O3/c27-15-18-16-29-32(22-12-6-7-13-28-22)23(18)30-24(33)21(14-17-8-2-1-3-9-17)31-25(34)19-10-4-5-11-20(19)26(31)35/h1-13,16,21H,14H2,(H,30,33). The molecular weight excluding hydrogens is 444 g/mol. The Morgan fingerprint density at radius 1 is 0.943 bits per heavy atom. The van der Waals surface area contributed by atoms with Gasteiger partial charge < -0.3 is 5.32 Å². The molecule has 1 aliphatic heterocycles. The van der Waals surface area contributed by atoms with Crippen molar-refractivity contribution < 1.29 is 14.4 Å². The molecule has 0 saturated carbocycles. The number of benzene rings is 2. The molecule has 9 heteroatoms. The molecular formula is C26H18N6O3. The number of anilines is 1. The van der Waals surface area contributed by atoms with Gasteiger partial charge in [0.25, 0.3) is 11.8 Å². The van der Waals surface area contributed by atoms with E-state index in [9.17, 15) is 19.6 Å². The van der Waals surface area contributed by atoms with E-state index in [1.54, 1.807) is 48.7 Å². The van der Waals surface area contributed by atoms with Gasteiger partial charge in [0.1, 0.15) is 17.7 Å². The van der Waals surface area contributed by atoms with Crippen LogP contribution in [-0.4, -0.2) is 43.4 Å². The Hall–Kier alpha value is -5.10. The highest BCUT2D eigenvalue weighted by Gasteiger charge is 2.43. The number of nitrogens with one attached hydrogen (secondary N) is 1. The van der Waals surface area contributed by atoms with Crippen molar-refractivity contribution in [1.82, 2.24) is 19.7 Å². The molecule has 1 atom stereocenters. The van der Waals surface area contributed by atoms with Gasteiger partial charge in [-0.1, -0.05) is 48.5 Å². The molecule has 0 fully saturated rings. The first-order valence-corrected chi connectivity index (χ1v) is 10.8. The normalized spacial score (nSPS) is 13.3. The van der Waals surface area contributed by atoms with Crippen LogP contribution >= 0.6 is 0 Å². The number of hydrogen-bond acceptors (Lipinski definition) is 6. The van der Waals surface area contributed by atoms with E-state index in [1.807, 2.05) is 36.4 Å². The smallest absolute Gasteiger partial charge is 0.262 e. The van der Waals surface area contributed by atoms with Gasteiger partial charge in [-0.05, 0) is 29.8 Å². The van der Waals surface area contributed by atoms with Gasteiger partial charge in [0.15, 0.2) is 11.6 Å². The minimum Gasteiger partial charge on any atom is -0.308 e. The summed E-state index contributed by atoms with van der Waals surface area (Å²) in [5.74, 6) is -1.21. The average Bonchev–Trinajstić information content (AvgIpc) is 3.42. The van der Waals surface area contributed by atoms with E-state index in [4.69, 9.17) is 0 Å². The number of carbonyl (C=O) groups excluding carboxylic acids is 3. The minimum atomic E-state index is -1.16. The van der Waals surface area contributed by atoms with Crippen molar-refractivity contribution in [2.24, 2.45) is 0 Å². The lowest BCUT2D eigenvalue weighted by molar-refractivity contribution is -0.120. The third-order valence-electron chi connectivity index (χ3n) is 5.71. The van der Waals surface area contributed by atoms with E-state index in [1.165, 1.54) is 10.9 Å². The van der Waals surface area contributed by atoms with Crippen LogP contribution in [0.3, 0.4) is 0 Å². The Balaban J connectivity index is 1.53. The molecule has 9 nitrogen and oxygen atoms in total. The molecule has 3 heterocycles. The molecule has 3 amide bonds. The fourth-order valence-electron chi connectivity index (χ4n) is 4.03. The molecule has 1 N–H and O–H groups in total. The molecule has 35 heavy (non-hydrogen) atoms. The number of carbonyl (C=O) groups is 3. The van der Waals surface area contributed by atoms with Crippen molar-refractivity contribution >= 4 is 23.5 Å². The summed E-state index contributed by atoms with van der Waals surface area (Å²) in [6, 6.07) is 21.6.